The van der Waals surface area contributed by atoms with Gasteiger partial charge in [0.1, 0.15) is 0 Å². The van der Waals surface area contributed by atoms with Gasteiger partial charge in [-0.1, -0.05) is 23.2 Å². The summed E-state index contributed by atoms with van der Waals surface area (Å²) in [6, 6.07) is 1.58. The zero-order chi connectivity index (χ0) is 9.26. The second-order valence-electron chi connectivity index (χ2n) is 3.08. The van der Waals surface area contributed by atoms with Gasteiger partial charge in [0.05, 0.1) is 6.61 Å². The fraction of sp³-hybridized carbons (Fsp3) is 0.500. The molecular weight excluding hydrogens is 211 g/mol. The largest absolute Gasteiger partial charge is 0.490 e. The van der Waals surface area contributed by atoms with E-state index in [2.05, 4.69) is 10.2 Å². The van der Waals surface area contributed by atoms with E-state index in [9.17, 15) is 0 Å². The third-order valence-corrected chi connectivity index (χ3v) is 2.30. The molecule has 0 saturated heterocycles. The van der Waals surface area contributed by atoms with Crippen molar-refractivity contribution in [3.05, 3.63) is 16.4 Å². The van der Waals surface area contributed by atoms with E-state index in [0.29, 0.717) is 23.4 Å². The Hall–Kier alpha value is -0.540. The zero-order valence-corrected chi connectivity index (χ0v) is 8.35. The quantitative estimate of drug-likeness (QED) is 0.783. The Morgan fingerprint density at radius 1 is 1.38 bits per heavy atom. The van der Waals surface area contributed by atoms with Gasteiger partial charge in [-0.05, 0) is 18.8 Å². The van der Waals surface area contributed by atoms with E-state index in [0.717, 1.165) is 0 Å². The first-order chi connectivity index (χ1) is 6.25. The SMILES string of the molecule is Clc1cc(OCC2CC2)c(Cl)nn1. The van der Waals surface area contributed by atoms with Crippen LogP contribution in [-0.2, 0) is 0 Å². The van der Waals surface area contributed by atoms with Crippen LogP contribution in [0.4, 0.5) is 0 Å². The van der Waals surface area contributed by atoms with Gasteiger partial charge < -0.3 is 4.74 Å². The molecule has 0 unspecified atom stereocenters. The van der Waals surface area contributed by atoms with Crippen LogP contribution < -0.4 is 4.74 Å². The van der Waals surface area contributed by atoms with Crippen LogP contribution in [0.1, 0.15) is 12.8 Å². The highest BCUT2D eigenvalue weighted by atomic mass is 35.5. The Labute approximate surface area is 86.0 Å². The molecule has 5 heteroatoms. The van der Waals surface area contributed by atoms with Gasteiger partial charge in [0.25, 0.3) is 0 Å². The number of hydrogen-bond donors (Lipinski definition) is 0. The van der Waals surface area contributed by atoms with Crippen molar-refractivity contribution in [2.45, 2.75) is 12.8 Å². The van der Waals surface area contributed by atoms with Crippen molar-refractivity contribution in [2.24, 2.45) is 5.92 Å². The van der Waals surface area contributed by atoms with Gasteiger partial charge in [-0.3, -0.25) is 0 Å². The molecular formula is C8H8Cl2N2O. The fourth-order valence-electron chi connectivity index (χ4n) is 0.931. The number of aromatic nitrogens is 2. The Bertz CT molecular complexity index is 315. The molecule has 0 aliphatic heterocycles. The van der Waals surface area contributed by atoms with Crippen molar-refractivity contribution in [1.82, 2.24) is 10.2 Å². The predicted octanol–water partition coefficient (Wildman–Crippen LogP) is 2.57. The summed E-state index contributed by atoms with van der Waals surface area (Å²) < 4.78 is 5.42. The van der Waals surface area contributed by atoms with E-state index in [1.807, 2.05) is 0 Å². The standard InChI is InChI=1S/C8H8Cl2N2O/c9-7-3-6(8(10)12-11-7)13-4-5-1-2-5/h3,5H,1-2,4H2. The van der Waals surface area contributed by atoms with E-state index in [1.165, 1.54) is 12.8 Å². The van der Waals surface area contributed by atoms with Gasteiger partial charge in [0.15, 0.2) is 16.1 Å². The summed E-state index contributed by atoms with van der Waals surface area (Å²) in [6.07, 6.45) is 2.48. The first-order valence-corrected chi connectivity index (χ1v) is 4.83. The van der Waals surface area contributed by atoms with E-state index in [1.54, 1.807) is 6.07 Å². The molecule has 0 amide bonds. The Kier molecular flexibility index (Phi) is 2.56. The summed E-state index contributed by atoms with van der Waals surface area (Å²) >= 11 is 11.4. The average Bonchev–Trinajstić information content (AvgIpc) is 2.90. The maximum atomic E-state index is 5.74. The van der Waals surface area contributed by atoms with Crippen LogP contribution in [0.3, 0.4) is 0 Å². The molecule has 1 heterocycles. The Balaban J connectivity index is 2.03. The van der Waals surface area contributed by atoms with Crippen molar-refractivity contribution in [2.75, 3.05) is 6.61 Å². The zero-order valence-electron chi connectivity index (χ0n) is 6.83. The smallest absolute Gasteiger partial charge is 0.193 e. The van der Waals surface area contributed by atoms with Gasteiger partial charge in [0.2, 0.25) is 0 Å². The van der Waals surface area contributed by atoms with Crippen molar-refractivity contribution in [3.8, 4) is 5.75 Å². The van der Waals surface area contributed by atoms with E-state index in [-0.39, 0.29) is 5.15 Å². The lowest BCUT2D eigenvalue weighted by Gasteiger charge is -2.05. The fourth-order valence-corrected chi connectivity index (χ4v) is 1.21. The van der Waals surface area contributed by atoms with Crippen molar-refractivity contribution in [3.63, 3.8) is 0 Å². The average molecular weight is 219 g/mol. The highest BCUT2D eigenvalue weighted by Crippen LogP contribution is 2.31. The minimum atomic E-state index is 0.269. The van der Waals surface area contributed by atoms with Crippen molar-refractivity contribution >= 4 is 23.2 Å². The molecule has 0 bridgehead atoms. The summed E-state index contributed by atoms with van der Waals surface area (Å²) in [5.74, 6) is 1.21. The lowest BCUT2D eigenvalue weighted by Crippen LogP contribution is -2.00. The van der Waals surface area contributed by atoms with Crippen LogP contribution in [-0.4, -0.2) is 16.8 Å². The second-order valence-corrected chi connectivity index (χ2v) is 3.82. The molecule has 1 aliphatic rings. The van der Waals surface area contributed by atoms with Crippen LogP contribution >= 0.6 is 23.2 Å². The molecule has 13 heavy (non-hydrogen) atoms. The van der Waals surface area contributed by atoms with Crippen molar-refractivity contribution < 1.29 is 4.74 Å². The monoisotopic (exact) mass is 218 g/mol. The molecule has 2 rings (SSSR count). The normalized spacial score (nSPS) is 15.8. The highest BCUT2D eigenvalue weighted by Gasteiger charge is 2.22. The van der Waals surface area contributed by atoms with Gasteiger partial charge in [-0.25, -0.2) is 0 Å². The molecule has 1 aromatic heterocycles. The summed E-state index contributed by atoms with van der Waals surface area (Å²) in [7, 11) is 0. The molecule has 70 valence electrons. The number of rotatable bonds is 3. The molecule has 1 aliphatic carbocycles. The topological polar surface area (TPSA) is 35.0 Å². The molecule has 0 spiro atoms. The minimum absolute atomic E-state index is 0.269. The third kappa shape index (κ3) is 2.45. The van der Waals surface area contributed by atoms with Crippen LogP contribution in [0.15, 0.2) is 6.07 Å². The lowest BCUT2D eigenvalue weighted by molar-refractivity contribution is 0.298. The van der Waals surface area contributed by atoms with Gasteiger partial charge in [0, 0.05) is 6.07 Å². The molecule has 0 N–H and O–H groups in total. The summed E-state index contributed by atoms with van der Waals surface area (Å²) in [5.41, 5.74) is 0. The first-order valence-electron chi connectivity index (χ1n) is 4.07. The maximum Gasteiger partial charge on any atom is 0.193 e. The molecule has 1 saturated carbocycles. The van der Waals surface area contributed by atoms with Gasteiger partial charge >= 0.3 is 0 Å². The Morgan fingerprint density at radius 2 is 2.15 bits per heavy atom. The first kappa shape index (κ1) is 9.03. The second kappa shape index (κ2) is 3.68. The molecule has 0 aromatic carbocycles. The summed E-state index contributed by atoms with van der Waals surface area (Å²) in [5, 5.41) is 7.79. The summed E-state index contributed by atoms with van der Waals surface area (Å²) in [6.45, 7) is 0.696. The van der Waals surface area contributed by atoms with Crippen LogP contribution in [0.25, 0.3) is 0 Å². The van der Waals surface area contributed by atoms with E-state index < -0.39 is 0 Å². The molecule has 3 nitrogen and oxygen atoms in total. The molecule has 1 fully saturated rings. The van der Waals surface area contributed by atoms with E-state index in [4.69, 9.17) is 27.9 Å². The van der Waals surface area contributed by atoms with Crippen LogP contribution in [0.2, 0.25) is 10.3 Å². The van der Waals surface area contributed by atoms with E-state index >= 15 is 0 Å². The predicted molar refractivity (Wildman–Crippen MR) is 50.3 cm³/mol. The van der Waals surface area contributed by atoms with Crippen molar-refractivity contribution in [1.29, 1.82) is 0 Å². The van der Waals surface area contributed by atoms with Gasteiger partial charge in [-0.15, -0.1) is 10.2 Å². The highest BCUT2D eigenvalue weighted by molar-refractivity contribution is 6.32. The van der Waals surface area contributed by atoms with Crippen LogP contribution in [0.5, 0.6) is 5.75 Å². The molecule has 1 aromatic rings. The maximum absolute atomic E-state index is 5.74. The molecule has 0 atom stereocenters. The number of hydrogen-bond acceptors (Lipinski definition) is 3. The number of ether oxygens (including phenoxy) is 1. The third-order valence-electron chi connectivity index (χ3n) is 1.86. The minimum Gasteiger partial charge on any atom is -0.490 e. The lowest BCUT2D eigenvalue weighted by atomic mass is 10.4. The van der Waals surface area contributed by atoms with Gasteiger partial charge in [-0.2, -0.15) is 0 Å². The number of nitrogens with zero attached hydrogens (tertiary/aromatic N) is 2. The number of halogens is 2. The summed E-state index contributed by atoms with van der Waals surface area (Å²) in [4.78, 5) is 0. The van der Waals surface area contributed by atoms with Crippen LogP contribution in [0, 0.1) is 5.92 Å². The Morgan fingerprint density at radius 3 is 2.85 bits per heavy atom. The molecule has 0 radical (unpaired) electrons.